The van der Waals surface area contributed by atoms with E-state index in [0.29, 0.717) is 23.9 Å². The first-order valence-electron chi connectivity index (χ1n) is 31.7. The molecule has 0 heterocycles. The van der Waals surface area contributed by atoms with Crippen LogP contribution < -0.4 is 5.32 Å². The van der Waals surface area contributed by atoms with Gasteiger partial charge in [0.25, 0.3) is 0 Å². The maximum absolute atomic E-state index is 13.5. The molecule has 432 valence electrons. The number of allylic oxidation sites excluding steroid dienone is 3. The van der Waals surface area contributed by atoms with Crippen molar-refractivity contribution in [3.8, 4) is 0 Å². The Kier molecular flexibility index (Phi) is 52.8. The Morgan fingerprint density at radius 2 is 0.795 bits per heavy atom. The molecule has 0 saturated heterocycles. The summed E-state index contributed by atoms with van der Waals surface area (Å²) in [7, 11) is 1.51. The van der Waals surface area contributed by atoms with Gasteiger partial charge in [-0.05, 0) is 57.4 Å². The first-order valence-corrected chi connectivity index (χ1v) is 33.2. The predicted molar refractivity (Wildman–Crippen MR) is 314 cm³/mol. The van der Waals surface area contributed by atoms with E-state index in [1.54, 1.807) is 0 Å². The molecular weight excluding hydrogens is 928 g/mol. The highest BCUT2D eigenvalue weighted by Gasteiger charge is 2.30. The van der Waals surface area contributed by atoms with E-state index < -0.39 is 20.0 Å². The van der Waals surface area contributed by atoms with Crippen molar-refractivity contribution >= 4 is 19.7 Å². The number of amides is 1. The monoisotopic (exact) mass is 1050 g/mol. The van der Waals surface area contributed by atoms with Gasteiger partial charge in [0.15, 0.2) is 0 Å². The summed E-state index contributed by atoms with van der Waals surface area (Å²) in [6, 6.07) is -0.842. The summed E-state index contributed by atoms with van der Waals surface area (Å²) in [4.78, 5) is 37.7. The number of carbonyl (C=O) groups excluding carboxylic acids is 2. The number of unbranched alkanes of at least 4 members (excludes halogenated alkanes) is 40. The highest BCUT2D eigenvalue weighted by Crippen LogP contribution is 2.43. The van der Waals surface area contributed by atoms with Gasteiger partial charge in [-0.3, -0.25) is 18.6 Å². The first kappa shape index (κ1) is 71.5. The Hall–Kier alpha value is -1.51. The van der Waals surface area contributed by atoms with Crippen LogP contribution in [0.1, 0.15) is 316 Å². The van der Waals surface area contributed by atoms with Crippen molar-refractivity contribution in [1.29, 1.82) is 0 Å². The molecule has 0 bridgehead atoms. The largest absolute Gasteiger partial charge is 0.472 e. The molecule has 0 rings (SSSR count). The maximum atomic E-state index is 13.5. The smallest absolute Gasteiger partial charge is 0.456 e. The standard InChI is InChI=1S/C63H123N2O7P/c1-7-10-13-16-19-22-25-28-30-31-32-33-34-35-36-37-40-43-46-49-52-55-62(66)64-60(59-71-73(68,69)70-58-57-65(4,5)6)61(54-51-48-45-42-39-27-24-21-18-15-12-9-3)72-63(67)56-53-50-47-44-41-38-29-26-23-20-17-14-11-8-2/h28,30,51,54,60-61H,7-27,29,31-50,52-53,55-59H2,1-6H3,(H-,64,66,68,69)/p+1/b30-28+,54-51-. The minimum Gasteiger partial charge on any atom is -0.456 e. The Balaban J connectivity index is 5.17. The molecule has 1 amide bonds. The molecular formula is C63H124N2O7P+. The summed E-state index contributed by atoms with van der Waals surface area (Å²) < 4.78 is 30.7. The fraction of sp³-hybridized carbons (Fsp3) is 0.905. The average molecular weight is 1050 g/mol. The molecule has 0 aromatic carbocycles. The number of quaternary nitrogens is 1. The number of carbonyl (C=O) groups is 2. The maximum Gasteiger partial charge on any atom is 0.472 e. The molecule has 0 radical (unpaired) electrons. The van der Waals surface area contributed by atoms with Crippen LogP contribution in [0.3, 0.4) is 0 Å². The van der Waals surface area contributed by atoms with Crippen LogP contribution >= 0.6 is 7.82 Å². The summed E-state index contributed by atoms with van der Waals surface area (Å²) in [5, 5.41) is 3.06. The number of rotatable bonds is 58. The average Bonchev–Trinajstić information content (AvgIpc) is 3.35. The normalized spacial score (nSPS) is 13.8. The molecule has 9 nitrogen and oxygen atoms in total. The fourth-order valence-corrected chi connectivity index (χ4v) is 10.2. The summed E-state index contributed by atoms with van der Waals surface area (Å²) in [5.74, 6) is -0.489. The molecule has 0 aromatic heterocycles. The minimum atomic E-state index is -4.44. The third-order valence-electron chi connectivity index (χ3n) is 14.4. The number of nitrogens with zero attached hydrogens (tertiary/aromatic N) is 1. The number of hydrogen-bond donors (Lipinski definition) is 2. The van der Waals surface area contributed by atoms with E-state index in [0.717, 1.165) is 57.8 Å². The molecule has 0 aliphatic carbocycles. The number of phosphoric ester groups is 1. The van der Waals surface area contributed by atoms with Crippen LogP contribution in [-0.2, 0) is 27.9 Å². The molecule has 73 heavy (non-hydrogen) atoms. The molecule has 0 aromatic rings. The van der Waals surface area contributed by atoms with Crippen LogP contribution in [0.2, 0.25) is 0 Å². The van der Waals surface area contributed by atoms with Crippen LogP contribution in [0.15, 0.2) is 24.3 Å². The fourth-order valence-electron chi connectivity index (χ4n) is 9.47. The predicted octanol–water partition coefficient (Wildman–Crippen LogP) is 19.3. The van der Waals surface area contributed by atoms with Crippen LogP contribution in [0.25, 0.3) is 0 Å². The third-order valence-corrected chi connectivity index (χ3v) is 15.4. The van der Waals surface area contributed by atoms with Gasteiger partial charge in [0.1, 0.15) is 19.3 Å². The molecule has 3 atom stereocenters. The van der Waals surface area contributed by atoms with E-state index in [-0.39, 0.29) is 25.1 Å². The third kappa shape index (κ3) is 55.1. The molecule has 0 fully saturated rings. The summed E-state index contributed by atoms with van der Waals surface area (Å²) in [6.45, 7) is 7.05. The Bertz CT molecular complexity index is 1300. The number of likely N-dealkylation sites (N-methyl/N-ethyl adjacent to an activating group) is 1. The molecule has 0 saturated carbocycles. The van der Waals surface area contributed by atoms with Crippen LogP contribution in [0.4, 0.5) is 0 Å². The summed E-state index contributed by atoms with van der Waals surface area (Å²) in [6.07, 6.45) is 63.1. The second-order valence-corrected chi connectivity index (χ2v) is 24.4. The SMILES string of the molecule is CCCCCCCC/C=C/CCCCCCCCCCCCCC(=O)NC(COP(=O)(O)OCC[N+](C)(C)C)C(/C=C\CCCCCCCCCCCC)OC(=O)CCCCCCCCCCCCCCCC. The van der Waals surface area contributed by atoms with Gasteiger partial charge >= 0.3 is 13.8 Å². The molecule has 2 N–H and O–H groups in total. The summed E-state index contributed by atoms with van der Waals surface area (Å²) in [5.41, 5.74) is 0. The van der Waals surface area contributed by atoms with E-state index in [9.17, 15) is 19.0 Å². The van der Waals surface area contributed by atoms with Crippen molar-refractivity contribution in [1.82, 2.24) is 5.32 Å². The Morgan fingerprint density at radius 3 is 1.16 bits per heavy atom. The van der Waals surface area contributed by atoms with E-state index in [1.807, 2.05) is 33.3 Å². The number of nitrogens with one attached hydrogen (secondary N) is 1. The Labute approximate surface area is 454 Å². The van der Waals surface area contributed by atoms with Crippen molar-refractivity contribution in [2.75, 3.05) is 40.9 Å². The van der Waals surface area contributed by atoms with Crippen LogP contribution in [-0.4, -0.2) is 74.3 Å². The summed E-state index contributed by atoms with van der Waals surface area (Å²) >= 11 is 0. The highest BCUT2D eigenvalue weighted by atomic mass is 31.2. The zero-order chi connectivity index (χ0) is 53.6. The van der Waals surface area contributed by atoms with Crippen molar-refractivity contribution in [3.05, 3.63) is 24.3 Å². The van der Waals surface area contributed by atoms with Gasteiger partial charge in [-0.25, -0.2) is 4.57 Å². The van der Waals surface area contributed by atoms with Gasteiger partial charge in [0.2, 0.25) is 5.91 Å². The van der Waals surface area contributed by atoms with Crippen molar-refractivity contribution in [3.63, 3.8) is 0 Å². The van der Waals surface area contributed by atoms with Crippen LogP contribution in [0, 0.1) is 0 Å². The minimum absolute atomic E-state index is 0.0438. The highest BCUT2D eigenvalue weighted by molar-refractivity contribution is 7.47. The number of esters is 1. The van der Waals surface area contributed by atoms with Crippen molar-refractivity contribution in [2.24, 2.45) is 0 Å². The first-order chi connectivity index (χ1) is 35.4. The van der Waals surface area contributed by atoms with Gasteiger partial charge < -0.3 is 19.4 Å². The van der Waals surface area contributed by atoms with Gasteiger partial charge in [0.05, 0.1) is 33.8 Å². The molecule has 10 heteroatoms. The van der Waals surface area contributed by atoms with Crippen molar-refractivity contribution in [2.45, 2.75) is 328 Å². The lowest BCUT2D eigenvalue weighted by Crippen LogP contribution is -2.47. The van der Waals surface area contributed by atoms with Crippen molar-refractivity contribution < 1.29 is 37.3 Å². The molecule has 0 aliphatic heterocycles. The van der Waals surface area contributed by atoms with Gasteiger partial charge in [-0.1, -0.05) is 270 Å². The van der Waals surface area contributed by atoms with Gasteiger partial charge in [-0.2, -0.15) is 0 Å². The number of hydrogen-bond acceptors (Lipinski definition) is 6. The lowest BCUT2D eigenvalue weighted by molar-refractivity contribution is -0.870. The van der Waals surface area contributed by atoms with Crippen LogP contribution in [0.5, 0.6) is 0 Å². The van der Waals surface area contributed by atoms with E-state index in [4.69, 9.17) is 13.8 Å². The van der Waals surface area contributed by atoms with E-state index >= 15 is 0 Å². The van der Waals surface area contributed by atoms with Gasteiger partial charge in [-0.15, -0.1) is 0 Å². The lowest BCUT2D eigenvalue weighted by Gasteiger charge is -2.27. The van der Waals surface area contributed by atoms with E-state index in [1.165, 1.54) is 225 Å². The van der Waals surface area contributed by atoms with E-state index in [2.05, 4.69) is 38.2 Å². The zero-order valence-corrected chi connectivity index (χ0v) is 50.3. The zero-order valence-electron chi connectivity index (χ0n) is 49.4. The quantitative estimate of drug-likeness (QED) is 0.0205. The molecule has 0 spiro atoms. The second kappa shape index (κ2) is 53.9. The molecule has 0 aliphatic rings. The Morgan fingerprint density at radius 1 is 0.466 bits per heavy atom. The van der Waals surface area contributed by atoms with Gasteiger partial charge in [0, 0.05) is 12.8 Å². The second-order valence-electron chi connectivity index (χ2n) is 22.9. The number of ether oxygens (including phenoxy) is 1. The molecule has 3 unspecified atom stereocenters. The number of phosphoric acid groups is 1. The lowest BCUT2D eigenvalue weighted by atomic mass is 10.0. The topological polar surface area (TPSA) is 111 Å².